The maximum atomic E-state index is 9.89. The van der Waals surface area contributed by atoms with E-state index in [1.54, 1.807) is 0 Å². The first-order chi connectivity index (χ1) is 15.9. The van der Waals surface area contributed by atoms with Crippen molar-refractivity contribution in [2.75, 3.05) is 6.61 Å². The summed E-state index contributed by atoms with van der Waals surface area (Å²) in [6.07, 6.45) is 13.1. The molecule has 0 radical (unpaired) electrons. The van der Waals surface area contributed by atoms with Crippen molar-refractivity contribution in [1.29, 1.82) is 0 Å². The van der Waals surface area contributed by atoms with E-state index in [0.29, 0.717) is 0 Å². The van der Waals surface area contributed by atoms with E-state index in [-0.39, 0.29) is 10.7 Å². The summed E-state index contributed by atoms with van der Waals surface area (Å²) >= 11 is 3.87. The molecule has 1 nitrogen and oxygen atoms in total. The molecule has 0 heterocycles. The van der Waals surface area contributed by atoms with Crippen LogP contribution in [0.15, 0.2) is 105 Å². The highest BCUT2D eigenvalue weighted by Crippen LogP contribution is 2.48. The van der Waals surface area contributed by atoms with Crippen LogP contribution in [0.1, 0.15) is 66.2 Å². The van der Waals surface area contributed by atoms with E-state index in [1.807, 2.05) is 23.5 Å². The van der Waals surface area contributed by atoms with Crippen LogP contribution in [-0.2, 0) is 0 Å². The first kappa shape index (κ1) is 27.6. The summed E-state index contributed by atoms with van der Waals surface area (Å²) in [6.45, 7) is 9.01. The van der Waals surface area contributed by atoms with Gasteiger partial charge < -0.3 is 5.11 Å². The van der Waals surface area contributed by atoms with Gasteiger partial charge in [-0.05, 0) is 96.1 Å². The monoisotopic (exact) mass is 480 g/mol. The van der Waals surface area contributed by atoms with Gasteiger partial charge in [-0.3, -0.25) is 0 Å². The van der Waals surface area contributed by atoms with Crippen molar-refractivity contribution in [3.63, 3.8) is 0 Å². The van der Waals surface area contributed by atoms with Crippen molar-refractivity contribution < 1.29 is 5.11 Å². The van der Waals surface area contributed by atoms with Crippen molar-refractivity contribution in [3.05, 3.63) is 95.6 Å². The third-order valence-electron chi connectivity index (χ3n) is 5.44. The van der Waals surface area contributed by atoms with Crippen molar-refractivity contribution in [2.24, 2.45) is 0 Å². The molecule has 0 amide bonds. The van der Waals surface area contributed by atoms with Gasteiger partial charge in [0.25, 0.3) is 0 Å². The van der Waals surface area contributed by atoms with Gasteiger partial charge in [0, 0.05) is 9.79 Å². The number of hydrogen-bond donors (Lipinski definition) is 1. The molecule has 3 heteroatoms. The lowest BCUT2D eigenvalue weighted by atomic mass is 10.0. The second kappa shape index (κ2) is 15.3. The Kier molecular flexibility index (Phi) is 12.8. The number of benzene rings is 2. The van der Waals surface area contributed by atoms with E-state index in [1.165, 1.54) is 20.9 Å². The molecular weight excluding hydrogens is 440 g/mol. The standard InChI is InChI=1S/C30H40OS2/c1-25(2)14-11-15-26(3)16-12-17-27(24-31)18-13-23-30(4,32-28-19-7-5-8-20-28)33-29-21-9-6-10-22-29/h5-10,14,16,18-22,31H,11-13,15,17,23-24H2,1-4H3/b26-16+,27-18-. The van der Waals surface area contributed by atoms with E-state index < -0.39 is 0 Å². The number of aliphatic hydroxyl groups excluding tert-OH is 1. The molecule has 0 spiro atoms. The Morgan fingerprint density at radius 3 is 1.82 bits per heavy atom. The predicted molar refractivity (Wildman–Crippen MR) is 149 cm³/mol. The zero-order valence-corrected chi connectivity index (χ0v) is 22.4. The molecule has 0 aromatic heterocycles. The van der Waals surface area contributed by atoms with Crippen LogP contribution in [0.25, 0.3) is 0 Å². The Balaban J connectivity index is 1.95. The summed E-state index contributed by atoms with van der Waals surface area (Å²) in [5.74, 6) is 0. The third-order valence-corrected chi connectivity index (χ3v) is 8.23. The normalized spacial score (nSPS) is 12.6. The zero-order valence-electron chi connectivity index (χ0n) is 20.7. The number of aliphatic hydroxyl groups is 1. The van der Waals surface area contributed by atoms with Gasteiger partial charge in [0.15, 0.2) is 0 Å². The van der Waals surface area contributed by atoms with Gasteiger partial charge in [0.1, 0.15) is 0 Å². The van der Waals surface area contributed by atoms with Crippen molar-refractivity contribution in [2.45, 2.75) is 80.1 Å². The van der Waals surface area contributed by atoms with Gasteiger partial charge in [-0.1, -0.05) is 65.8 Å². The maximum Gasteiger partial charge on any atom is 0.0680 e. The topological polar surface area (TPSA) is 20.2 Å². The van der Waals surface area contributed by atoms with Crippen LogP contribution in [0.4, 0.5) is 0 Å². The molecule has 178 valence electrons. The lowest BCUT2D eigenvalue weighted by Gasteiger charge is -2.28. The van der Waals surface area contributed by atoms with Crippen LogP contribution in [0, 0.1) is 0 Å². The Morgan fingerprint density at radius 1 is 0.758 bits per heavy atom. The molecule has 2 rings (SSSR count). The van der Waals surface area contributed by atoms with Gasteiger partial charge in [-0.15, -0.1) is 23.5 Å². The van der Waals surface area contributed by atoms with Gasteiger partial charge in [0.05, 0.1) is 10.7 Å². The minimum Gasteiger partial charge on any atom is -0.392 e. The quantitative estimate of drug-likeness (QED) is 0.165. The fourth-order valence-corrected chi connectivity index (χ4v) is 6.34. The van der Waals surface area contributed by atoms with Gasteiger partial charge in [-0.2, -0.15) is 0 Å². The Hall–Kier alpha value is -1.68. The lowest BCUT2D eigenvalue weighted by Crippen LogP contribution is -2.14. The summed E-state index contributed by atoms with van der Waals surface area (Å²) < 4.78 is 0.0151. The number of rotatable bonds is 14. The largest absolute Gasteiger partial charge is 0.392 e. The highest BCUT2D eigenvalue weighted by Gasteiger charge is 2.26. The summed E-state index contributed by atoms with van der Waals surface area (Å²) in [6, 6.07) is 21.3. The van der Waals surface area contributed by atoms with Crippen molar-refractivity contribution >= 4 is 23.5 Å². The molecule has 1 N–H and O–H groups in total. The maximum absolute atomic E-state index is 9.89. The fourth-order valence-electron chi connectivity index (χ4n) is 3.58. The second-order valence-electron chi connectivity index (χ2n) is 8.93. The predicted octanol–water partition coefficient (Wildman–Crippen LogP) is 9.46. The zero-order chi connectivity index (χ0) is 23.9. The van der Waals surface area contributed by atoms with Crippen molar-refractivity contribution in [3.8, 4) is 0 Å². The summed E-state index contributed by atoms with van der Waals surface area (Å²) in [5, 5.41) is 9.89. The Labute approximate surface area is 210 Å². The smallest absolute Gasteiger partial charge is 0.0680 e. The van der Waals surface area contributed by atoms with Crippen LogP contribution in [0.3, 0.4) is 0 Å². The minimum absolute atomic E-state index is 0.0151. The van der Waals surface area contributed by atoms with Crippen LogP contribution in [-0.4, -0.2) is 15.8 Å². The first-order valence-electron chi connectivity index (χ1n) is 12.0. The molecular formula is C30H40OS2. The summed E-state index contributed by atoms with van der Waals surface area (Å²) in [7, 11) is 0. The number of hydrogen-bond acceptors (Lipinski definition) is 3. The molecule has 0 fully saturated rings. The van der Waals surface area contributed by atoms with Crippen LogP contribution >= 0.6 is 23.5 Å². The van der Waals surface area contributed by atoms with Gasteiger partial charge in [0.2, 0.25) is 0 Å². The van der Waals surface area contributed by atoms with Gasteiger partial charge in [-0.25, -0.2) is 0 Å². The molecule has 2 aromatic rings. The molecule has 0 saturated heterocycles. The fraction of sp³-hybridized carbons (Fsp3) is 0.400. The Bertz CT molecular complexity index is 852. The SMILES string of the molecule is CC(C)=CCC/C(C)=C/CC/C(=C/CCC(C)(Sc1ccccc1)Sc1ccccc1)CO. The molecule has 0 saturated carbocycles. The lowest BCUT2D eigenvalue weighted by molar-refractivity contribution is 0.326. The molecule has 0 aliphatic heterocycles. The van der Waals surface area contributed by atoms with E-state index in [2.05, 4.69) is 107 Å². The van der Waals surface area contributed by atoms with E-state index in [0.717, 1.165) is 44.1 Å². The van der Waals surface area contributed by atoms with Crippen LogP contribution in [0.5, 0.6) is 0 Å². The van der Waals surface area contributed by atoms with E-state index in [9.17, 15) is 5.11 Å². The van der Waals surface area contributed by atoms with Gasteiger partial charge >= 0.3 is 0 Å². The molecule has 33 heavy (non-hydrogen) atoms. The molecule has 0 aliphatic rings. The number of thioether (sulfide) groups is 2. The molecule has 0 bridgehead atoms. The Morgan fingerprint density at radius 2 is 1.30 bits per heavy atom. The van der Waals surface area contributed by atoms with E-state index >= 15 is 0 Å². The van der Waals surface area contributed by atoms with E-state index in [4.69, 9.17) is 0 Å². The van der Waals surface area contributed by atoms with Crippen LogP contribution < -0.4 is 0 Å². The molecule has 0 unspecified atom stereocenters. The average Bonchev–Trinajstić information content (AvgIpc) is 2.79. The highest BCUT2D eigenvalue weighted by molar-refractivity contribution is 8.18. The highest BCUT2D eigenvalue weighted by atomic mass is 32.2. The minimum atomic E-state index is 0.0151. The van der Waals surface area contributed by atoms with Crippen molar-refractivity contribution in [1.82, 2.24) is 0 Å². The first-order valence-corrected chi connectivity index (χ1v) is 13.6. The molecule has 0 aliphatic carbocycles. The number of allylic oxidation sites excluding steroid dienone is 5. The molecule has 2 aromatic carbocycles. The second-order valence-corrected chi connectivity index (χ2v) is 12.3. The van der Waals surface area contributed by atoms with Crippen LogP contribution in [0.2, 0.25) is 0 Å². The summed E-state index contributed by atoms with van der Waals surface area (Å²) in [4.78, 5) is 2.59. The summed E-state index contributed by atoms with van der Waals surface area (Å²) in [5.41, 5.74) is 3.98. The third kappa shape index (κ3) is 11.8. The molecule has 0 atom stereocenters. The average molecular weight is 481 g/mol.